The fraction of sp³-hybridized carbons (Fsp3) is 0.0714. The summed E-state index contributed by atoms with van der Waals surface area (Å²) in [6.07, 6.45) is -0.783. The SMILES string of the molecule is O=C(O)Cc1ccc(F)cc1-c1c(F)c(F)c(F)c(F)c1F. The van der Waals surface area contributed by atoms with Crippen LogP contribution in [0.1, 0.15) is 5.56 Å². The predicted octanol–water partition coefficient (Wildman–Crippen LogP) is 3.82. The first-order chi connectivity index (χ1) is 10.2. The van der Waals surface area contributed by atoms with Crippen LogP contribution in [-0.4, -0.2) is 11.1 Å². The molecule has 0 fully saturated rings. The third-order valence-corrected chi connectivity index (χ3v) is 2.89. The van der Waals surface area contributed by atoms with Crippen molar-refractivity contribution in [3.05, 3.63) is 58.7 Å². The molecule has 0 amide bonds. The summed E-state index contributed by atoms with van der Waals surface area (Å²) < 4.78 is 80.2. The van der Waals surface area contributed by atoms with Crippen LogP contribution in [0.15, 0.2) is 18.2 Å². The molecule has 8 heteroatoms. The second-order valence-corrected chi connectivity index (χ2v) is 4.32. The van der Waals surface area contributed by atoms with E-state index in [0.717, 1.165) is 12.1 Å². The number of carboxylic acids is 1. The van der Waals surface area contributed by atoms with E-state index in [4.69, 9.17) is 5.11 Å². The van der Waals surface area contributed by atoms with E-state index in [1.165, 1.54) is 0 Å². The van der Waals surface area contributed by atoms with Gasteiger partial charge in [-0.15, -0.1) is 0 Å². The lowest BCUT2D eigenvalue weighted by atomic mass is 9.96. The summed E-state index contributed by atoms with van der Waals surface area (Å²) in [7, 11) is 0. The van der Waals surface area contributed by atoms with Gasteiger partial charge in [-0.3, -0.25) is 4.79 Å². The third kappa shape index (κ3) is 2.63. The highest BCUT2D eigenvalue weighted by molar-refractivity contribution is 5.77. The van der Waals surface area contributed by atoms with Crippen molar-refractivity contribution in [2.45, 2.75) is 6.42 Å². The van der Waals surface area contributed by atoms with E-state index in [1.807, 2.05) is 0 Å². The number of carbonyl (C=O) groups is 1. The smallest absolute Gasteiger partial charge is 0.307 e. The summed E-state index contributed by atoms with van der Waals surface area (Å²) in [5.74, 6) is -13.5. The van der Waals surface area contributed by atoms with Crippen molar-refractivity contribution in [3.8, 4) is 11.1 Å². The molecule has 2 aromatic carbocycles. The first-order valence-electron chi connectivity index (χ1n) is 5.76. The first kappa shape index (κ1) is 15.9. The maximum Gasteiger partial charge on any atom is 0.307 e. The van der Waals surface area contributed by atoms with Crippen molar-refractivity contribution in [1.82, 2.24) is 0 Å². The average Bonchev–Trinajstić information content (AvgIpc) is 2.45. The third-order valence-electron chi connectivity index (χ3n) is 2.89. The molecule has 2 nitrogen and oxygen atoms in total. The highest BCUT2D eigenvalue weighted by atomic mass is 19.2. The topological polar surface area (TPSA) is 37.3 Å². The molecule has 0 atom stereocenters. The minimum atomic E-state index is -2.35. The molecule has 0 aromatic heterocycles. The van der Waals surface area contributed by atoms with Gasteiger partial charge in [0.2, 0.25) is 5.82 Å². The van der Waals surface area contributed by atoms with E-state index in [1.54, 1.807) is 0 Å². The second-order valence-electron chi connectivity index (χ2n) is 4.32. The predicted molar refractivity (Wildman–Crippen MR) is 63.0 cm³/mol. The van der Waals surface area contributed by atoms with E-state index >= 15 is 0 Å². The van der Waals surface area contributed by atoms with Gasteiger partial charge in [0.25, 0.3) is 0 Å². The minimum absolute atomic E-state index is 0.294. The molecule has 0 bridgehead atoms. The highest BCUT2D eigenvalue weighted by Crippen LogP contribution is 2.34. The number of hydrogen-bond acceptors (Lipinski definition) is 1. The van der Waals surface area contributed by atoms with Crippen LogP contribution < -0.4 is 0 Å². The highest BCUT2D eigenvalue weighted by Gasteiger charge is 2.28. The molecule has 2 aromatic rings. The van der Waals surface area contributed by atoms with Gasteiger partial charge in [0, 0.05) is 0 Å². The summed E-state index contributed by atoms with van der Waals surface area (Å²) in [6.45, 7) is 0. The molecule has 22 heavy (non-hydrogen) atoms. The van der Waals surface area contributed by atoms with Gasteiger partial charge in [0.15, 0.2) is 23.3 Å². The minimum Gasteiger partial charge on any atom is -0.481 e. The van der Waals surface area contributed by atoms with Crippen LogP contribution in [0.25, 0.3) is 11.1 Å². The Hall–Kier alpha value is -2.51. The molecule has 0 radical (unpaired) electrons. The molecule has 116 valence electrons. The Morgan fingerprint density at radius 2 is 1.36 bits per heavy atom. The second kappa shape index (κ2) is 5.70. The number of benzene rings is 2. The molecule has 0 saturated heterocycles. The van der Waals surface area contributed by atoms with E-state index in [0.29, 0.717) is 6.07 Å². The van der Waals surface area contributed by atoms with Crippen LogP contribution in [0.4, 0.5) is 26.3 Å². The first-order valence-corrected chi connectivity index (χ1v) is 5.76. The lowest BCUT2D eigenvalue weighted by Crippen LogP contribution is -2.08. The molecule has 0 aliphatic heterocycles. The van der Waals surface area contributed by atoms with Crippen LogP contribution in [0.2, 0.25) is 0 Å². The molecular weight excluding hydrogens is 314 g/mol. The van der Waals surface area contributed by atoms with Crippen molar-refractivity contribution in [2.75, 3.05) is 0 Å². The Labute approximate surface area is 119 Å². The fourth-order valence-electron chi connectivity index (χ4n) is 1.94. The zero-order valence-electron chi connectivity index (χ0n) is 10.6. The summed E-state index contributed by atoms with van der Waals surface area (Å²) in [6, 6.07) is 2.22. The molecule has 0 aliphatic carbocycles. The number of hydrogen-bond donors (Lipinski definition) is 1. The molecule has 0 heterocycles. The van der Waals surface area contributed by atoms with Gasteiger partial charge in [-0.1, -0.05) is 6.07 Å². The van der Waals surface area contributed by atoms with E-state index in [2.05, 4.69) is 0 Å². The maximum atomic E-state index is 13.7. The van der Waals surface area contributed by atoms with Gasteiger partial charge in [-0.05, 0) is 23.3 Å². The summed E-state index contributed by atoms with van der Waals surface area (Å²) in [5, 5.41) is 8.71. The Morgan fingerprint density at radius 3 is 1.86 bits per heavy atom. The van der Waals surface area contributed by atoms with E-state index in [-0.39, 0.29) is 5.56 Å². The Kier molecular flexibility index (Phi) is 4.11. The lowest BCUT2D eigenvalue weighted by molar-refractivity contribution is -0.136. The van der Waals surface area contributed by atoms with Gasteiger partial charge < -0.3 is 5.11 Å². The van der Waals surface area contributed by atoms with Crippen LogP contribution in [0, 0.1) is 34.9 Å². The molecule has 1 N–H and O–H groups in total. The zero-order valence-corrected chi connectivity index (χ0v) is 10.6. The maximum absolute atomic E-state index is 13.7. The molecule has 0 saturated carbocycles. The van der Waals surface area contributed by atoms with E-state index in [9.17, 15) is 31.1 Å². The van der Waals surface area contributed by atoms with Crippen molar-refractivity contribution in [1.29, 1.82) is 0 Å². The molecule has 0 spiro atoms. The quantitative estimate of drug-likeness (QED) is 0.530. The van der Waals surface area contributed by atoms with Gasteiger partial charge in [0.1, 0.15) is 5.82 Å². The standard InChI is InChI=1S/C14H6F6O2/c15-6-2-1-5(3-8(21)22)7(4-6)9-10(16)12(18)14(20)13(19)11(9)17/h1-2,4H,3H2,(H,21,22). The number of rotatable bonds is 3. The zero-order chi connectivity index (χ0) is 16.6. The Morgan fingerprint density at radius 1 is 0.864 bits per heavy atom. The van der Waals surface area contributed by atoms with Gasteiger partial charge in [-0.2, -0.15) is 0 Å². The van der Waals surface area contributed by atoms with E-state index < -0.39 is 58.4 Å². The summed E-state index contributed by atoms with van der Waals surface area (Å²) in [4.78, 5) is 10.7. The molecule has 0 unspecified atom stereocenters. The number of halogens is 6. The summed E-state index contributed by atoms with van der Waals surface area (Å²) in [5.41, 5.74) is -2.38. The number of carboxylic acid groups (broad SMARTS) is 1. The van der Waals surface area contributed by atoms with Gasteiger partial charge >= 0.3 is 5.97 Å². The lowest BCUT2D eigenvalue weighted by Gasteiger charge is -2.12. The van der Waals surface area contributed by atoms with Crippen molar-refractivity contribution in [2.24, 2.45) is 0 Å². The molecule has 0 aliphatic rings. The van der Waals surface area contributed by atoms with Crippen LogP contribution in [0.5, 0.6) is 0 Å². The summed E-state index contributed by atoms with van der Waals surface area (Å²) >= 11 is 0. The Bertz CT molecular complexity index is 743. The van der Waals surface area contributed by atoms with Crippen LogP contribution >= 0.6 is 0 Å². The van der Waals surface area contributed by atoms with Gasteiger partial charge in [0.05, 0.1) is 12.0 Å². The Balaban J connectivity index is 2.82. The van der Waals surface area contributed by atoms with Crippen molar-refractivity contribution < 1.29 is 36.2 Å². The molecule has 2 rings (SSSR count). The normalized spacial score (nSPS) is 10.8. The molecular formula is C14H6F6O2. The fourth-order valence-corrected chi connectivity index (χ4v) is 1.94. The van der Waals surface area contributed by atoms with Gasteiger partial charge in [-0.25, -0.2) is 26.3 Å². The largest absolute Gasteiger partial charge is 0.481 e. The van der Waals surface area contributed by atoms with Crippen molar-refractivity contribution in [3.63, 3.8) is 0 Å². The van der Waals surface area contributed by atoms with Crippen LogP contribution in [-0.2, 0) is 11.2 Å². The van der Waals surface area contributed by atoms with Crippen LogP contribution in [0.3, 0.4) is 0 Å². The monoisotopic (exact) mass is 320 g/mol. The average molecular weight is 320 g/mol. The number of aliphatic carboxylic acids is 1. The van der Waals surface area contributed by atoms with Crippen molar-refractivity contribution >= 4 is 5.97 Å².